The Morgan fingerprint density at radius 2 is 1.86 bits per heavy atom. The maximum atomic E-state index is 12.2. The molecule has 1 saturated heterocycles. The molecular formula is C17H23NO4. The largest absolute Gasteiger partial charge is 0.481 e. The molecule has 0 spiro atoms. The number of piperidine rings is 1. The van der Waals surface area contributed by atoms with Gasteiger partial charge in [-0.3, -0.25) is 4.79 Å². The highest BCUT2D eigenvalue weighted by atomic mass is 16.6. The SMILES string of the molecule is CC(C)(C)OC(=O)N1CC[C@H](C(=O)O)[C@H](c2ccccc2)C1. The van der Waals surface area contributed by atoms with Crippen molar-refractivity contribution in [3.63, 3.8) is 0 Å². The van der Waals surface area contributed by atoms with Crippen LogP contribution >= 0.6 is 0 Å². The first kappa shape index (κ1) is 16.3. The van der Waals surface area contributed by atoms with Crippen molar-refractivity contribution >= 4 is 12.1 Å². The van der Waals surface area contributed by atoms with Crippen molar-refractivity contribution in [2.45, 2.75) is 38.7 Å². The van der Waals surface area contributed by atoms with Crippen LogP contribution in [-0.4, -0.2) is 40.8 Å². The van der Waals surface area contributed by atoms with E-state index >= 15 is 0 Å². The number of carbonyl (C=O) groups excluding carboxylic acids is 1. The number of carboxylic acid groups (broad SMARTS) is 1. The zero-order chi connectivity index (χ0) is 16.3. The van der Waals surface area contributed by atoms with Gasteiger partial charge in [-0.1, -0.05) is 30.3 Å². The van der Waals surface area contributed by atoms with Gasteiger partial charge in [-0.25, -0.2) is 4.79 Å². The van der Waals surface area contributed by atoms with Gasteiger partial charge in [0.25, 0.3) is 0 Å². The zero-order valence-electron chi connectivity index (χ0n) is 13.3. The van der Waals surface area contributed by atoms with Crippen molar-refractivity contribution in [2.24, 2.45) is 5.92 Å². The minimum Gasteiger partial charge on any atom is -0.481 e. The maximum Gasteiger partial charge on any atom is 0.410 e. The van der Waals surface area contributed by atoms with Crippen LogP contribution in [0.2, 0.25) is 0 Å². The number of rotatable bonds is 2. The molecule has 1 aliphatic rings. The third-order valence-electron chi connectivity index (χ3n) is 3.81. The number of nitrogens with zero attached hydrogens (tertiary/aromatic N) is 1. The van der Waals surface area contributed by atoms with E-state index in [9.17, 15) is 14.7 Å². The summed E-state index contributed by atoms with van der Waals surface area (Å²) in [6.07, 6.45) is 0.0611. The van der Waals surface area contributed by atoms with Gasteiger partial charge in [-0.15, -0.1) is 0 Å². The van der Waals surface area contributed by atoms with Crippen molar-refractivity contribution in [1.82, 2.24) is 4.90 Å². The van der Waals surface area contributed by atoms with E-state index in [1.165, 1.54) is 0 Å². The number of carboxylic acids is 1. The lowest BCUT2D eigenvalue weighted by Crippen LogP contribution is -2.46. The molecule has 0 radical (unpaired) electrons. The summed E-state index contributed by atoms with van der Waals surface area (Å²) in [4.78, 5) is 25.3. The van der Waals surface area contributed by atoms with Gasteiger partial charge in [0.2, 0.25) is 0 Å². The van der Waals surface area contributed by atoms with E-state index in [2.05, 4.69) is 0 Å². The second kappa shape index (κ2) is 6.38. The molecule has 120 valence electrons. The summed E-state index contributed by atoms with van der Waals surface area (Å²) in [5.74, 6) is -1.49. The Balaban J connectivity index is 2.17. The van der Waals surface area contributed by atoms with Crippen LogP contribution in [-0.2, 0) is 9.53 Å². The number of ether oxygens (including phenoxy) is 1. The molecule has 5 heteroatoms. The minimum atomic E-state index is -0.808. The first-order chi connectivity index (χ1) is 10.3. The molecule has 0 aliphatic carbocycles. The molecular weight excluding hydrogens is 282 g/mol. The molecule has 0 saturated carbocycles. The highest BCUT2D eigenvalue weighted by Gasteiger charge is 2.37. The summed E-state index contributed by atoms with van der Waals surface area (Å²) in [7, 11) is 0. The van der Waals surface area contributed by atoms with E-state index in [0.717, 1.165) is 5.56 Å². The Labute approximate surface area is 130 Å². The van der Waals surface area contributed by atoms with Gasteiger partial charge in [0.1, 0.15) is 5.60 Å². The molecule has 0 bridgehead atoms. The van der Waals surface area contributed by atoms with Crippen molar-refractivity contribution in [3.05, 3.63) is 35.9 Å². The third kappa shape index (κ3) is 4.00. The number of hydrogen-bond acceptors (Lipinski definition) is 3. The fraction of sp³-hybridized carbons (Fsp3) is 0.529. The molecule has 0 aromatic heterocycles. The zero-order valence-corrected chi connectivity index (χ0v) is 13.3. The molecule has 1 amide bonds. The predicted molar refractivity (Wildman–Crippen MR) is 82.7 cm³/mol. The lowest BCUT2D eigenvalue weighted by atomic mass is 9.81. The predicted octanol–water partition coefficient (Wildman–Crippen LogP) is 3.11. The molecule has 1 aromatic rings. The van der Waals surface area contributed by atoms with E-state index in [0.29, 0.717) is 19.5 Å². The number of likely N-dealkylation sites (tertiary alicyclic amines) is 1. The Bertz CT molecular complexity index is 535. The van der Waals surface area contributed by atoms with E-state index < -0.39 is 17.5 Å². The second-order valence-electron chi connectivity index (χ2n) is 6.68. The van der Waals surface area contributed by atoms with Gasteiger partial charge in [0, 0.05) is 19.0 Å². The number of amides is 1. The van der Waals surface area contributed by atoms with Crippen LogP contribution < -0.4 is 0 Å². The third-order valence-corrected chi connectivity index (χ3v) is 3.81. The maximum absolute atomic E-state index is 12.2. The smallest absolute Gasteiger partial charge is 0.410 e. The number of hydrogen-bond donors (Lipinski definition) is 1. The standard InChI is InChI=1S/C17H23NO4/c1-17(2,3)22-16(21)18-10-9-13(15(19)20)14(11-18)12-7-5-4-6-8-12/h4-8,13-14H,9-11H2,1-3H3,(H,19,20)/t13-,14-/m0/s1. The van der Waals surface area contributed by atoms with Gasteiger partial charge < -0.3 is 14.7 Å². The van der Waals surface area contributed by atoms with Crippen LogP contribution in [0.4, 0.5) is 4.79 Å². The van der Waals surface area contributed by atoms with Crippen molar-refractivity contribution in [3.8, 4) is 0 Å². The summed E-state index contributed by atoms with van der Waals surface area (Å²) in [6.45, 7) is 6.25. The van der Waals surface area contributed by atoms with Gasteiger partial charge in [0.05, 0.1) is 5.92 Å². The molecule has 1 N–H and O–H groups in total. The van der Waals surface area contributed by atoms with Crippen molar-refractivity contribution in [1.29, 1.82) is 0 Å². The Morgan fingerprint density at radius 3 is 2.41 bits per heavy atom. The number of carbonyl (C=O) groups is 2. The van der Waals surface area contributed by atoms with E-state index in [1.807, 2.05) is 51.1 Å². The molecule has 1 fully saturated rings. The summed E-state index contributed by atoms with van der Waals surface area (Å²) in [6, 6.07) is 9.51. The highest BCUT2D eigenvalue weighted by Crippen LogP contribution is 2.33. The molecule has 1 aliphatic heterocycles. The van der Waals surface area contributed by atoms with Crippen LogP contribution in [0.25, 0.3) is 0 Å². The van der Waals surface area contributed by atoms with Gasteiger partial charge >= 0.3 is 12.1 Å². The Hall–Kier alpha value is -2.04. The quantitative estimate of drug-likeness (QED) is 0.911. The first-order valence-corrected chi connectivity index (χ1v) is 7.53. The molecule has 1 heterocycles. The fourth-order valence-electron chi connectivity index (χ4n) is 2.78. The minimum absolute atomic E-state index is 0.208. The Morgan fingerprint density at radius 1 is 1.23 bits per heavy atom. The summed E-state index contributed by atoms with van der Waals surface area (Å²) in [5.41, 5.74) is 0.395. The fourth-order valence-corrected chi connectivity index (χ4v) is 2.78. The van der Waals surface area contributed by atoms with Crippen LogP contribution in [0.5, 0.6) is 0 Å². The van der Waals surface area contributed by atoms with Crippen LogP contribution in [0.3, 0.4) is 0 Å². The highest BCUT2D eigenvalue weighted by molar-refractivity contribution is 5.73. The van der Waals surface area contributed by atoms with Crippen LogP contribution in [0, 0.1) is 5.92 Å². The molecule has 2 atom stereocenters. The molecule has 2 rings (SSSR count). The van der Waals surface area contributed by atoms with Crippen molar-refractivity contribution < 1.29 is 19.4 Å². The molecule has 0 unspecified atom stereocenters. The van der Waals surface area contributed by atoms with E-state index in [1.54, 1.807) is 4.90 Å². The van der Waals surface area contributed by atoms with E-state index in [-0.39, 0.29) is 12.0 Å². The topological polar surface area (TPSA) is 66.8 Å². The molecule has 1 aromatic carbocycles. The lowest BCUT2D eigenvalue weighted by molar-refractivity contribution is -0.144. The number of benzene rings is 1. The van der Waals surface area contributed by atoms with Gasteiger partial charge in [-0.2, -0.15) is 0 Å². The van der Waals surface area contributed by atoms with E-state index in [4.69, 9.17) is 4.74 Å². The monoisotopic (exact) mass is 305 g/mol. The summed E-state index contributed by atoms with van der Waals surface area (Å²) >= 11 is 0. The molecule has 5 nitrogen and oxygen atoms in total. The first-order valence-electron chi connectivity index (χ1n) is 7.53. The average molecular weight is 305 g/mol. The second-order valence-corrected chi connectivity index (χ2v) is 6.68. The average Bonchev–Trinajstić information content (AvgIpc) is 2.45. The Kier molecular flexibility index (Phi) is 4.74. The molecule has 22 heavy (non-hydrogen) atoms. The lowest BCUT2D eigenvalue weighted by Gasteiger charge is -2.37. The van der Waals surface area contributed by atoms with Crippen LogP contribution in [0.15, 0.2) is 30.3 Å². The number of aliphatic carboxylic acids is 1. The van der Waals surface area contributed by atoms with Gasteiger partial charge in [0.15, 0.2) is 0 Å². The summed E-state index contributed by atoms with van der Waals surface area (Å²) in [5, 5.41) is 9.45. The van der Waals surface area contributed by atoms with Crippen LogP contribution in [0.1, 0.15) is 38.7 Å². The normalized spacial score (nSPS) is 22.2. The summed E-state index contributed by atoms with van der Waals surface area (Å²) < 4.78 is 5.40. The van der Waals surface area contributed by atoms with Gasteiger partial charge in [-0.05, 0) is 32.8 Å². The van der Waals surface area contributed by atoms with Crippen molar-refractivity contribution in [2.75, 3.05) is 13.1 Å².